The molecular formula is C26H25ClN2O3. The van der Waals surface area contributed by atoms with Crippen LogP contribution in [0.4, 0.5) is 5.69 Å². The Morgan fingerprint density at radius 3 is 2.31 bits per heavy atom. The van der Waals surface area contributed by atoms with E-state index in [-0.39, 0.29) is 12.5 Å². The predicted octanol–water partition coefficient (Wildman–Crippen LogP) is 6.32. The summed E-state index contributed by atoms with van der Waals surface area (Å²) in [6.45, 7) is 7.87. The van der Waals surface area contributed by atoms with Gasteiger partial charge in [0.25, 0.3) is 5.91 Å². The zero-order valence-electron chi connectivity index (χ0n) is 18.6. The Labute approximate surface area is 192 Å². The van der Waals surface area contributed by atoms with Crippen molar-refractivity contribution in [3.63, 3.8) is 0 Å². The highest BCUT2D eigenvalue weighted by molar-refractivity contribution is 6.32. The molecule has 5 nitrogen and oxygen atoms in total. The Morgan fingerprint density at radius 2 is 1.62 bits per heavy atom. The first-order valence-corrected chi connectivity index (χ1v) is 10.8. The van der Waals surface area contributed by atoms with Crippen LogP contribution in [0, 0.1) is 27.7 Å². The molecule has 0 saturated carbocycles. The molecule has 0 spiro atoms. The van der Waals surface area contributed by atoms with Crippen LogP contribution in [0.1, 0.15) is 33.7 Å². The number of nitrogens with one attached hydrogen (secondary N) is 1. The van der Waals surface area contributed by atoms with E-state index >= 15 is 0 Å². The van der Waals surface area contributed by atoms with Crippen LogP contribution in [0.3, 0.4) is 0 Å². The fourth-order valence-electron chi connectivity index (χ4n) is 3.52. The number of oxazole rings is 1. The quantitative estimate of drug-likeness (QED) is 0.374. The molecule has 0 bridgehead atoms. The highest BCUT2D eigenvalue weighted by Gasteiger charge is 2.10. The van der Waals surface area contributed by atoms with Gasteiger partial charge in [0.1, 0.15) is 11.3 Å². The molecule has 1 heterocycles. The van der Waals surface area contributed by atoms with E-state index in [1.807, 2.05) is 62.4 Å². The lowest BCUT2D eigenvalue weighted by Crippen LogP contribution is -2.20. The van der Waals surface area contributed by atoms with Crippen LogP contribution in [0.5, 0.6) is 5.75 Å². The first kappa shape index (κ1) is 21.9. The number of benzene rings is 3. The summed E-state index contributed by atoms with van der Waals surface area (Å²) in [4.78, 5) is 16.9. The molecule has 4 aromatic rings. The number of hydrogen-bond donors (Lipinski definition) is 1. The molecule has 0 fully saturated rings. The maximum Gasteiger partial charge on any atom is 0.262 e. The van der Waals surface area contributed by atoms with Crippen LogP contribution >= 0.6 is 11.6 Å². The van der Waals surface area contributed by atoms with E-state index in [9.17, 15) is 4.79 Å². The first-order valence-electron chi connectivity index (χ1n) is 10.4. The highest BCUT2D eigenvalue weighted by Crippen LogP contribution is 2.26. The van der Waals surface area contributed by atoms with E-state index < -0.39 is 0 Å². The monoisotopic (exact) mass is 448 g/mol. The molecule has 0 atom stereocenters. The summed E-state index contributed by atoms with van der Waals surface area (Å²) in [5.41, 5.74) is 7.65. The molecule has 0 aliphatic heterocycles. The number of carbonyl (C=O) groups is 1. The van der Waals surface area contributed by atoms with E-state index in [1.54, 1.807) is 0 Å². The normalized spacial score (nSPS) is 11.0. The summed E-state index contributed by atoms with van der Waals surface area (Å²) in [5, 5.41) is 3.56. The number of rotatable bonds is 6. The summed E-state index contributed by atoms with van der Waals surface area (Å²) in [6.07, 6.45) is 0.583. The van der Waals surface area contributed by atoms with Crippen molar-refractivity contribution in [2.24, 2.45) is 0 Å². The Hall–Kier alpha value is -3.31. The molecule has 6 heteroatoms. The second-order valence-electron chi connectivity index (χ2n) is 8.09. The van der Waals surface area contributed by atoms with Crippen molar-refractivity contribution in [2.45, 2.75) is 34.1 Å². The van der Waals surface area contributed by atoms with Gasteiger partial charge < -0.3 is 14.5 Å². The van der Waals surface area contributed by atoms with Gasteiger partial charge in [-0.05, 0) is 91.9 Å². The molecule has 0 unspecified atom stereocenters. The Balaban J connectivity index is 1.35. The Morgan fingerprint density at radius 1 is 0.969 bits per heavy atom. The third-order valence-corrected chi connectivity index (χ3v) is 6.02. The lowest BCUT2D eigenvalue weighted by Gasteiger charge is -2.10. The Bertz CT molecular complexity index is 1230. The largest absolute Gasteiger partial charge is 0.484 e. The fraction of sp³-hybridized carbons (Fsp3) is 0.231. The van der Waals surface area contributed by atoms with Gasteiger partial charge in [0.2, 0.25) is 0 Å². The second-order valence-corrected chi connectivity index (χ2v) is 8.47. The molecule has 32 heavy (non-hydrogen) atoms. The van der Waals surface area contributed by atoms with Crippen molar-refractivity contribution in [2.75, 3.05) is 11.9 Å². The minimum atomic E-state index is -0.229. The van der Waals surface area contributed by atoms with Crippen LogP contribution in [0.15, 0.2) is 52.9 Å². The van der Waals surface area contributed by atoms with Crippen LogP contribution in [0.25, 0.3) is 11.1 Å². The Kier molecular flexibility index (Phi) is 6.19. The summed E-state index contributed by atoms with van der Waals surface area (Å²) < 4.78 is 11.5. The third kappa shape index (κ3) is 4.94. The lowest BCUT2D eigenvalue weighted by molar-refractivity contribution is -0.118. The van der Waals surface area contributed by atoms with Gasteiger partial charge in [-0.2, -0.15) is 0 Å². The van der Waals surface area contributed by atoms with Crippen LogP contribution in [-0.4, -0.2) is 17.5 Å². The molecule has 164 valence electrons. The van der Waals surface area contributed by atoms with Gasteiger partial charge >= 0.3 is 0 Å². The summed E-state index contributed by atoms with van der Waals surface area (Å²) in [6, 6.07) is 15.3. The predicted molar refractivity (Wildman–Crippen MR) is 128 cm³/mol. The number of fused-ring (bicyclic) bond motifs is 1. The van der Waals surface area contributed by atoms with Crippen molar-refractivity contribution in [3.8, 4) is 5.75 Å². The van der Waals surface area contributed by atoms with Crippen molar-refractivity contribution in [3.05, 3.63) is 87.3 Å². The smallest absolute Gasteiger partial charge is 0.262 e. The second kappa shape index (κ2) is 9.05. The number of aryl methyl sites for hydroxylation is 4. The number of nitrogens with zero attached hydrogens (tertiary/aromatic N) is 1. The van der Waals surface area contributed by atoms with Crippen LogP contribution < -0.4 is 10.1 Å². The number of halogens is 1. The maximum absolute atomic E-state index is 12.3. The van der Waals surface area contributed by atoms with Crippen molar-refractivity contribution >= 4 is 34.3 Å². The van der Waals surface area contributed by atoms with Crippen molar-refractivity contribution in [1.29, 1.82) is 0 Å². The molecule has 3 aromatic carbocycles. The number of ether oxygens (including phenoxy) is 1. The van der Waals surface area contributed by atoms with Crippen molar-refractivity contribution in [1.82, 2.24) is 4.98 Å². The van der Waals surface area contributed by atoms with Crippen molar-refractivity contribution < 1.29 is 13.9 Å². The minimum absolute atomic E-state index is 0.0794. The molecule has 0 aliphatic carbocycles. The van der Waals surface area contributed by atoms with Gasteiger partial charge in [-0.1, -0.05) is 23.7 Å². The van der Waals surface area contributed by atoms with E-state index in [2.05, 4.69) is 24.1 Å². The maximum atomic E-state index is 12.3. The van der Waals surface area contributed by atoms with Gasteiger partial charge in [-0.15, -0.1) is 0 Å². The molecule has 1 N–H and O–H groups in total. The number of aromatic nitrogens is 1. The minimum Gasteiger partial charge on any atom is -0.484 e. The van der Waals surface area contributed by atoms with E-state index in [0.29, 0.717) is 28.8 Å². The first-order chi connectivity index (χ1) is 15.3. The number of amides is 1. The van der Waals surface area contributed by atoms with Gasteiger partial charge in [-0.25, -0.2) is 4.98 Å². The van der Waals surface area contributed by atoms with Gasteiger partial charge in [0, 0.05) is 17.1 Å². The van der Waals surface area contributed by atoms with Crippen LogP contribution in [0.2, 0.25) is 5.02 Å². The molecule has 0 radical (unpaired) electrons. The van der Waals surface area contributed by atoms with Gasteiger partial charge in [-0.3, -0.25) is 4.79 Å². The van der Waals surface area contributed by atoms with Gasteiger partial charge in [0.05, 0.1) is 0 Å². The highest BCUT2D eigenvalue weighted by atomic mass is 35.5. The zero-order valence-corrected chi connectivity index (χ0v) is 19.3. The number of hydrogen-bond acceptors (Lipinski definition) is 4. The average Bonchev–Trinajstić information content (AvgIpc) is 3.13. The molecule has 0 aliphatic rings. The molecule has 4 rings (SSSR count). The fourth-order valence-corrected chi connectivity index (χ4v) is 3.63. The van der Waals surface area contributed by atoms with E-state index in [4.69, 9.17) is 20.8 Å². The zero-order chi connectivity index (χ0) is 22.8. The lowest BCUT2D eigenvalue weighted by atomic mass is 10.1. The molecule has 1 amide bonds. The van der Waals surface area contributed by atoms with Gasteiger partial charge in [0.15, 0.2) is 18.1 Å². The summed E-state index contributed by atoms with van der Waals surface area (Å²) in [5.74, 6) is 1.06. The van der Waals surface area contributed by atoms with E-state index in [0.717, 1.165) is 27.8 Å². The molecule has 1 aromatic heterocycles. The standard InChI is InChI=1S/C26H25ClN2O3/c1-15-11-22-23(12-16(15)2)32-25(29-22)13-19-5-7-20(8-6-19)28-24(30)14-31-21-9-17(3)26(27)18(4)10-21/h5-12H,13-14H2,1-4H3,(H,28,30). The molecule has 0 saturated heterocycles. The van der Waals surface area contributed by atoms with Crippen LogP contribution in [-0.2, 0) is 11.2 Å². The van der Waals surface area contributed by atoms with E-state index in [1.165, 1.54) is 11.1 Å². The molecular weight excluding hydrogens is 424 g/mol. The average molecular weight is 449 g/mol. The summed E-state index contributed by atoms with van der Waals surface area (Å²) >= 11 is 6.17. The SMILES string of the molecule is Cc1cc2nc(Cc3ccc(NC(=O)COc4cc(C)c(Cl)c(C)c4)cc3)oc2cc1C. The topological polar surface area (TPSA) is 64.4 Å². The number of carbonyl (C=O) groups excluding carboxylic acids is 1. The summed E-state index contributed by atoms with van der Waals surface area (Å²) in [7, 11) is 0. The number of anilines is 1. The third-order valence-electron chi connectivity index (χ3n) is 5.42.